The molecular formula is C30H20O4. The van der Waals surface area contributed by atoms with Gasteiger partial charge in [-0.05, 0) is 48.6 Å². The van der Waals surface area contributed by atoms with Crippen LogP contribution in [0, 0.1) is 0 Å². The van der Waals surface area contributed by atoms with Gasteiger partial charge < -0.3 is 18.6 Å². The summed E-state index contributed by atoms with van der Waals surface area (Å²) in [6, 6.07) is 30.0. The van der Waals surface area contributed by atoms with Crippen LogP contribution >= 0.6 is 0 Å². The number of benzene rings is 4. The summed E-state index contributed by atoms with van der Waals surface area (Å²) in [5.74, 6) is 3.84. The predicted molar refractivity (Wildman–Crippen MR) is 131 cm³/mol. The first-order valence-corrected chi connectivity index (χ1v) is 11.2. The zero-order valence-corrected chi connectivity index (χ0v) is 18.4. The Labute approximate surface area is 195 Å². The van der Waals surface area contributed by atoms with Crippen LogP contribution in [0.1, 0.15) is 16.9 Å². The summed E-state index contributed by atoms with van der Waals surface area (Å²) in [5, 5.41) is 2.94. The molecule has 4 heteroatoms. The Morgan fingerprint density at radius 2 is 1.53 bits per heavy atom. The van der Waals surface area contributed by atoms with Gasteiger partial charge in [-0.3, -0.25) is 0 Å². The lowest BCUT2D eigenvalue weighted by Gasteiger charge is -2.28. The molecule has 164 valence electrons. The molecule has 4 aromatic carbocycles. The maximum Gasteiger partial charge on any atom is 0.214 e. The molecule has 5 aromatic rings. The smallest absolute Gasteiger partial charge is 0.214 e. The molecule has 0 spiro atoms. The minimum absolute atomic E-state index is 0.695. The number of ether oxygens (including phenoxy) is 3. The fraction of sp³-hybridized carbons (Fsp3) is 0.0667. The molecule has 0 radical (unpaired) electrons. The van der Waals surface area contributed by atoms with Crippen molar-refractivity contribution in [1.29, 1.82) is 0 Å². The summed E-state index contributed by atoms with van der Waals surface area (Å²) < 4.78 is 25.1. The molecule has 0 N–H and O–H groups in total. The van der Waals surface area contributed by atoms with Gasteiger partial charge in [0.15, 0.2) is 5.76 Å². The molecule has 0 fully saturated rings. The normalized spacial score (nSPS) is 17.4. The molecule has 1 unspecified atom stereocenters. The molecule has 0 amide bonds. The van der Waals surface area contributed by atoms with E-state index in [1.54, 1.807) is 7.11 Å². The second-order valence-electron chi connectivity index (χ2n) is 8.54. The molecule has 0 bridgehead atoms. The van der Waals surface area contributed by atoms with Crippen molar-refractivity contribution in [3.63, 3.8) is 0 Å². The van der Waals surface area contributed by atoms with Gasteiger partial charge in [-0.15, -0.1) is 0 Å². The Hall–Kier alpha value is -4.44. The lowest BCUT2D eigenvalue weighted by Crippen LogP contribution is -2.29. The van der Waals surface area contributed by atoms with Gasteiger partial charge in [0.05, 0.1) is 7.11 Å². The molecule has 0 aliphatic carbocycles. The van der Waals surface area contributed by atoms with E-state index >= 15 is 0 Å². The molecule has 0 saturated heterocycles. The van der Waals surface area contributed by atoms with E-state index in [1.807, 2.05) is 91.0 Å². The standard InChI is InChI=1S/C30H20O4/c1-31-26-13-7-4-10-23(26)30(29-17-20-9-3-6-12-25(20)33-29)18-22-16-27-21(15-28(22)34-30)14-19-8-2-5-11-24(19)32-27/h2-18H,1H3. The largest absolute Gasteiger partial charge is 0.496 e. The van der Waals surface area contributed by atoms with Crippen molar-refractivity contribution in [3.05, 3.63) is 118 Å². The average molecular weight is 444 g/mol. The SMILES string of the molecule is COc1ccccc1C1(c2cc3ccccc3o2)C=c2cc3c(cc2O1)=Cc1ccccc1O3. The third-order valence-electron chi connectivity index (χ3n) is 6.52. The average Bonchev–Trinajstić information content (AvgIpc) is 3.48. The molecule has 1 aromatic heterocycles. The van der Waals surface area contributed by atoms with Crippen LogP contribution in [0.5, 0.6) is 23.0 Å². The highest BCUT2D eigenvalue weighted by molar-refractivity contribution is 5.79. The molecule has 0 saturated carbocycles. The highest BCUT2D eigenvalue weighted by Crippen LogP contribution is 2.45. The Morgan fingerprint density at radius 3 is 2.44 bits per heavy atom. The summed E-state index contributed by atoms with van der Waals surface area (Å²) in [5.41, 5.74) is 1.75. The Kier molecular flexibility index (Phi) is 3.94. The van der Waals surface area contributed by atoms with Crippen LogP contribution in [0.25, 0.3) is 23.1 Å². The number of rotatable bonds is 3. The molecule has 4 nitrogen and oxygen atoms in total. The van der Waals surface area contributed by atoms with Gasteiger partial charge in [-0.2, -0.15) is 0 Å². The third-order valence-corrected chi connectivity index (χ3v) is 6.52. The van der Waals surface area contributed by atoms with Crippen LogP contribution in [0.15, 0.2) is 95.4 Å². The van der Waals surface area contributed by atoms with Crippen LogP contribution in [0.3, 0.4) is 0 Å². The molecule has 7 rings (SSSR count). The van der Waals surface area contributed by atoms with Crippen LogP contribution < -0.4 is 24.6 Å². The van der Waals surface area contributed by atoms with Crippen molar-refractivity contribution >= 4 is 23.1 Å². The number of para-hydroxylation sites is 3. The molecule has 2 aliphatic rings. The lowest BCUT2D eigenvalue weighted by molar-refractivity contribution is 0.160. The van der Waals surface area contributed by atoms with Gasteiger partial charge >= 0.3 is 0 Å². The van der Waals surface area contributed by atoms with Crippen molar-refractivity contribution in [2.45, 2.75) is 5.60 Å². The quantitative estimate of drug-likeness (QED) is 0.362. The number of methoxy groups -OCH3 is 1. The fourth-order valence-electron chi connectivity index (χ4n) is 4.90. The van der Waals surface area contributed by atoms with Gasteiger partial charge in [0.25, 0.3) is 0 Å². The maximum atomic E-state index is 6.79. The molecule has 2 aliphatic heterocycles. The van der Waals surface area contributed by atoms with Gasteiger partial charge in [0.2, 0.25) is 5.60 Å². The lowest BCUT2D eigenvalue weighted by atomic mass is 9.89. The first-order valence-electron chi connectivity index (χ1n) is 11.2. The summed E-state index contributed by atoms with van der Waals surface area (Å²) >= 11 is 0. The minimum atomic E-state index is -0.981. The molecule has 3 heterocycles. The first kappa shape index (κ1) is 19.1. The molecule has 34 heavy (non-hydrogen) atoms. The van der Waals surface area contributed by atoms with Gasteiger partial charge in [0, 0.05) is 27.0 Å². The van der Waals surface area contributed by atoms with Crippen LogP contribution in [-0.2, 0) is 5.60 Å². The monoisotopic (exact) mass is 444 g/mol. The summed E-state index contributed by atoms with van der Waals surface area (Å²) in [7, 11) is 1.67. The van der Waals surface area contributed by atoms with E-state index in [9.17, 15) is 0 Å². The summed E-state index contributed by atoms with van der Waals surface area (Å²) in [6.07, 6.45) is 4.23. The van der Waals surface area contributed by atoms with Crippen molar-refractivity contribution in [1.82, 2.24) is 0 Å². The number of hydrogen-bond acceptors (Lipinski definition) is 4. The minimum Gasteiger partial charge on any atom is -0.496 e. The van der Waals surface area contributed by atoms with E-state index in [1.165, 1.54) is 0 Å². The fourth-order valence-corrected chi connectivity index (χ4v) is 4.90. The second-order valence-corrected chi connectivity index (χ2v) is 8.54. The van der Waals surface area contributed by atoms with E-state index < -0.39 is 5.60 Å². The topological polar surface area (TPSA) is 40.8 Å². The highest BCUT2D eigenvalue weighted by atomic mass is 16.5. The zero-order chi connectivity index (χ0) is 22.7. The number of furan rings is 1. The summed E-state index contributed by atoms with van der Waals surface area (Å²) in [4.78, 5) is 0. The van der Waals surface area contributed by atoms with Crippen LogP contribution in [-0.4, -0.2) is 7.11 Å². The number of hydrogen-bond donors (Lipinski definition) is 0. The number of fused-ring (bicyclic) bond motifs is 4. The Morgan fingerprint density at radius 1 is 0.735 bits per heavy atom. The van der Waals surface area contributed by atoms with E-state index in [2.05, 4.69) is 12.2 Å². The van der Waals surface area contributed by atoms with Crippen molar-refractivity contribution in [2.24, 2.45) is 0 Å². The van der Waals surface area contributed by atoms with E-state index in [4.69, 9.17) is 18.6 Å². The Bertz CT molecular complexity index is 1680. The van der Waals surface area contributed by atoms with Gasteiger partial charge in [-0.1, -0.05) is 54.6 Å². The van der Waals surface area contributed by atoms with Crippen LogP contribution in [0.2, 0.25) is 0 Å². The predicted octanol–water partition coefficient (Wildman–Crippen LogP) is 5.49. The highest BCUT2D eigenvalue weighted by Gasteiger charge is 2.44. The van der Waals surface area contributed by atoms with Crippen LogP contribution in [0.4, 0.5) is 0 Å². The molecule has 1 atom stereocenters. The first-order chi connectivity index (χ1) is 16.7. The van der Waals surface area contributed by atoms with Crippen molar-refractivity contribution in [2.75, 3.05) is 7.11 Å². The van der Waals surface area contributed by atoms with Gasteiger partial charge in [-0.25, -0.2) is 0 Å². The molecular weight excluding hydrogens is 424 g/mol. The van der Waals surface area contributed by atoms with E-state index in [0.717, 1.165) is 55.5 Å². The maximum absolute atomic E-state index is 6.79. The Balaban J connectivity index is 1.47. The summed E-state index contributed by atoms with van der Waals surface area (Å²) in [6.45, 7) is 0. The van der Waals surface area contributed by atoms with E-state index in [0.29, 0.717) is 5.76 Å². The van der Waals surface area contributed by atoms with Gasteiger partial charge in [0.1, 0.15) is 28.6 Å². The van der Waals surface area contributed by atoms with E-state index in [-0.39, 0.29) is 0 Å². The third kappa shape index (κ3) is 2.72. The second kappa shape index (κ2) is 7.03. The van der Waals surface area contributed by atoms with Crippen molar-refractivity contribution < 1.29 is 18.6 Å². The van der Waals surface area contributed by atoms with Crippen molar-refractivity contribution in [3.8, 4) is 23.0 Å². The zero-order valence-electron chi connectivity index (χ0n) is 18.4.